The fourth-order valence-corrected chi connectivity index (χ4v) is 3.05. The second kappa shape index (κ2) is 5.46. The van der Waals surface area contributed by atoms with Crippen molar-refractivity contribution < 1.29 is 4.79 Å². The molecule has 1 aliphatic rings. The fourth-order valence-electron chi connectivity index (χ4n) is 2.18. The van der Waals surface area contributed by atoms with Crippen molar-refractivity contribution in [3.63, 3.8) is 0 Å². The van der Waals surface area contributed by atoms with Gasteiger partial charge in [-0.15, -0.1) is 11.3 Å². The smallest absolute Gasteiger partial charge is 0.216 e. The van der Waals surface area contributed by atoms with Gasteiger partial charge >= 0.3 is 0 Å². The topological polar surface area (TPSA) is 32.3 Å². The van der Waals surface area contributed by atoms with E-state index in [2.05, 4.69) is 27.7 Å². The monoisotopic (exact) mass is 238 g/mol. The highest BCUT2D eigenvalue weighted by Crippen LogP contribution is 2.27. The Kier molecular flexibility index (Phi) is 3.96. The zero-order valence-electron chi connectivity index (χ0n) is 9.61. The van der Waals surface area contributed by atoms with Crippen molar-refractivity contribution >= 4 is 17.2 Å². The van der Waals surface area contributed by atoms with E-state index in [9.17, 15) is 4.79 Å². The first-order valence-corrected chi connectivity index (χ1v) is 6.67. The second-order valence-corrected chi connectivity index (χ2v) is 5.19. The molecule has 1 aromatic rings. The molecule has 1 N–H and O–H groups in total. The Bertz CT molecular complexity index is 331. The summed E-state index contributed by atoms with van der Waals surface area (Å²) in [5.41, 5.74) is 0. The van der Waals surface area contributed by atoms with Crippen molar-refractivity contribution in [2.45, 2.75) is 25.8 Å². The fraction of sp³-hybridized carbons (Fsp3) is 0.583. The Labute approximate surface area is 100 Å². The van der Waals surface area contributed by atoms with Gasteiger partial charge in [-0.25, -0.2) is 0 Å². The average molecular weight is 238 g/mol. The van der Waals surface area contributed by atoms with Crippen molar-refractivity contribution in [1.29, 1.82) is 0 Å². The first-order chi connectivity index (χ1) is 7.77. The van der Waals surface area contributed by atoms with Gasteiger partial charge in [-0.3, -0.25) is 9.69 Å². The van der Waals surface area contributed by atoms with E-state index in [0.29, 0.717) is 6.04 Å². The van der Waals surface area contributed by atoms with E-state index in [1.807, 2.05) is 0 Å². The number of hydrogen-bond acceptors (Lipinski definition) is 3. The van der Waals surface area contributed by atoms with Gasteiger partial charge in [0.1, 0.15) is 0 Å². The number of likely N-dealkylation sites (tertiary alicyclic amines) is 1. The number of carbonyl (C=O) groups is 1. The Morgan fingerprint density at radius 1 is 1.56 bits per heavy atom. The van der Waals surface area contributed by atoms with E-state index in [4.69, 9.17) is 0 Å². The van der Waals surface area contributed by atoms with Crippen molar-refractivity contribution in [1.82, 2.24) is 10.2 Å². The number of nitrogens with one attached hydrogen (secondary N) is 1. The molecular weight excluding hydrogens is 220 g/mol. The predicted molar refractivity (Wildman–Crippen MR) is 66.6 cm³/mol. The second-order valence-electron chi connectivity index (χ2n) is 4.21. The molecule has 0 bridgehead atoms. The van der Waals surface area contributed by atoms with Crippen molar-refractivity contribution in [2.24, 2.45) is 0 Å². The number of thiophene rings is 1. The van der Waals surface area contributed by atoms with E-state index < -0.39 is 0 Å². The minimum atomic E-state index is 0.0563. The maximum Gasteiger partial charge on any atom is 0.216 e. The van der Waals surface area contributed by atoms with E-state index in [0.717, 1.165) is 19.6 Å². The molecular formula is C12H18N2OS. The van der Waals surface area contributed by atoms with Crippen LogP contribution in [0.1, 0.15) is 30.7 Å². The van der Waals surface area contributed by atoms with Gasteiger partial charge in [0.2, 0.25) is 5.91 Å². The predicted octanol–water partition coefficient (Wildman–Crippen LogP) is 2.02. The van der Waals surface area contributed by atoms with Crippen LogP contribution >= 0.6 is 11.3 Å². The minimum absolute atomic E-state index is 0.0563. The molecule has 0 spiro atoms. The first-order valence-electron chi connectivity index (χ1n) is 5.79. The van der Waals surface area contributed by atoms with Gasteiger partial charge in [0.05, 0.1) is 6.04 Å². The minimum Gasteiger partial charge on any atom is -0.354 e. The van der Waals surface area contributed by atoms with E-state index in [1.165, 1.54) is 17.7 Å². The highest BCUT2D eigenvalue weighted by atomic mass is 32.1. The van der Waals surface area contributed by atoms with Crippen LogP contribution in [0.5, 0.6) is 0 Å². The van der Waals surface area contributed by atoms with Crippen molar-refractivity contribution in [3.8, 4) is 0 Å². The van der Waals surface area contributed by atoms with Gasteiger partial charge in [-0.05, 0) is 37.4 Å². The first kappa shape index (κ1) is 11.6. The highest BCUT2D eigenvalue weighted by Gasteiger charge is 2.24. The molecule has 2 heterocycles. The Balaban J connectivity index is 2.03. The van der Waals surface area contributed by atoms with Gasteiger partial charge in [-0.2, -0.15) is 0 Å². The normalized spacial score (nSPS) is 18.6. The van der Waals surface area contributed by atoms with E-state index >= 15 is 0 Å². The molecule has 1 aliphatic heterocycles. The van der Waals surface area contributed by atoms with Crippen LogP contribution in [0.15, 0.2) is 17.5 Å². The molecule has 88 valence electrons. The molecule has 3 nitrogen and oxygen atoms in total. The largest absolute Gasteiger partial charge is 0.354 e. The van der Waals surface area contributed by atoms with Gasteiger partial charge in [0, 0.05) is 18.3 Å². The lowest BCUT2D eigenvalue weighted by Gasteiger charge is -2.26. The van der Waals surface area contributed by atoms with Crippen LogP contribution in [0.2, 0.25) is 0 Å². The summed E-state index contributed by atoms with van der Waals surface area (Å²) in [7, 11) is 0. The van der Waals surface area contributed by atoms with Crippen LogP contribution < -0.4 is 5.32 Å². The Morgan fingerprint density at radius 2 is 2.31 bits per heavy atom. The van der Waals surface area contributed by atoms with E-state index in [-0.39, 0.29) is 5.91 Å². The van der Waals surface area contributed by atoms with Crippen LogP contribution in [0, 0.1) is 0 Å². The van der Waals surface area contributed by atoms with Crippen LogP contribution in [-0.4, -0.2) is 30.4 Å². The zero-order valence-corrected chi connectivity index (χ0v) is 10.4. The summed E-state index contributed by atoms with van der Waals surface area (Å²) in [5.74, 6) is 0.0563. The molecule has 0 saturated carbocycles. The number of nitrogens with zero attached hydrogens (tertiary/aromatic N) is 1. The molecule has 16 heavy (non-hydrogen) atoms. The number of amides is 1. The van der Waals surface area contributed by atoms with Gasteiger partial charge in [0.25, 0.3) is 0 Å². The lowest BCUT2D eigenvalue weighted by Crippen LogP contribution is -2.35. The summed E-state index contributed by atoms with van der Waals surface area (Å²) in [5, 5.41) is 5.04. The maximum absolute atomic E-state index is 11.0. The van der Waals surface area contributed by atoms with Gasteiger partial charge in [-0.1, -0.05) is 6.07 Å². The maximum atomic E-state index is 11.0. The molecule has 1 saturated heterocycles. The van der Waals surface area contributed by atoms with Gasteiger partial charge in [0.15, 0.2) is 0 Å². The van der Waals surface area contributed by atoms with Crippen molar-refractivity contribution in [3.05, 3.63) is 22.4 Å². The third-order valence-corrected chi connectivity index (χ3v) is 3.97. The Hall–Kier alpha value is -0.870. The molecule has 0 aliphatic carbocycles. The lowest BCUT2D eigenvalue weighted by molar-refractivity contribution is -0.119. The highest BCUT2D eigenvalue weighted by molar-refractivity contribution is 7.10. The molecule has 1 atom stereocenters. The molecule has 1 unspecified atom stereocenters. The molecule has 0 aromatic carbocycles. The van der Waals surface area contributed by atoms with Crippen LogP contribution in [0.25, 0.3) is 0 Å². The summed E-state index contributed by atoms with van der Waals surface area (Å²) in [6, 6.07) is 4.61. The Morgan fingerprint density at radius 3 is 2.88 bits per heavy atom. The molecule has 4 heteroatoms. The van der Waals surface area contributed by atoms with Crippen molar-refractivity contribution in [2.75, 3.05) is 19.6 Å². The lowest BCUT2D eigenvalue weighted by atomic mass is 10.2. The molecule has 2 rings (SSSR count). The van der Waals surface area contributed by atoms with Gasteiger partial charge < -0.3 is 5.32 Å². The summed E-state index contributed by atoms with van der Waals surface area (Å²) in [4.78, 5) is 14.8. The molecule has 1 fully saturated rings. The summed E-state index contributed by atoms with van der Waals surface area (Å²) in [6.07, 6.45) is 2.56. The third-order valence-electron chi connectivity index (χ3n) is 3.00. The molecule has 1 amide bonds. The standard InChI is InChI=1S/C12H18N2OS/c1-10(15)13-9-11(12-5-4-8-16-12)14-6-2-3-7-14/h4-5,8,11H,2-3,6-7,9H2,1H3,(H,13,15). The van der Waals surface area contributed by atoms with Crippen LogP contribution in [0.4, 0.5) is 0 Å². The average Bonchev–Trinajstić information content (AvgIpc) is 2.88. The summed E-state index contributed by atoms with van der Waals surface area (Å²) in [6.45, 7) is 4.62. The number of carbonyl (C=O) groups excluding carboxylic acids is 1. The third kappa shape index (κ3) is 2.83. The molecule has 1 aromatic heterocycles. The number of rotatable bonds is 4. The summed E-state index contributed by atoms with van der Waals surface area (Å²) >= 11 is 1.78. The SMILES string of the molecule is CC(=O)NCC(c1cccs1)N1CCCC1. The summed E-state index contributed by atoms with van der Waals surface area (Å²) < 4.78 is 0. The molecule has 0 radical (unpaired) electrons. The van der Waals surface area contributed by atoms with Crippen LogP contribution in [-0.2, 0) is 4.79 Å². The zero-order chi connectivity index (χ0) is 11.4. The van der Waals surface area contributed by atoms with E-state index in [1.54, 1.807) is 18.3 Å². The quantitative estimate of drug-likeness (QED) is 0.870. The van der Waals surface area contributed by atoms with Crippen LogP contribution in [0.3, 0.4) is 0 Å². The number of hydrogen-bond donors (Lipinski definition) is 1.